The van der Waals surface area contributed by atoms with Crippen molar-refractivity contribution >= 4 is 32.8 Å². The van der Waals surface area contributed by atoms with Gasteiger partial charge in [-0.2, -0.15) is 13.1 Å². The van der Waals surface area contributed by atoms with E-state index in [0.717, 1.165) is 11.7 Å². The van der Waals surface area contributed by atoms with Crippen LogP contribution in [0.15, 0.2) is 23.1 Å². The highest BCUT2D eigenvalue weighted by Gasteiger charge is 2.71. The fourth-order valence-corrected chi connectivity index (χ4v) is 5.40. The molecule has 22 heavy (non-hydrogen) atoms. The number of fused-ring (bicyclic) bond motifs is 1. The number of sulfonamides is 1. The van der Waals surface area contributed by atoms with Gasteiger partial charge in [0.05, 0.1) is 11.7 Å². The van der Waals surface area contributed by atoms with Crippen LogP contribution < -0.4 is 0 Å². The summed E-state index contributed by atoms with van der Waals surface area (Å²) in [6.45, 7) is 0.262. The Labute approximate surface area is 130 Å². The molecule has 2 fully saturated rings. The second kappa shape index (κ2) is 4.42. The molecule has 1 saturated heterocycles. The minimum Gasteiger partial charge on any atom is -0.207 e. The Bertz CT molecular complexity index is 842. The molecule has 5 nitrogen and oxygen atoms in total. The maximum absolute atomic E-state index is 13.4. The molecule has 1 aliphatic heterocycles. The van der Waals surface area contributed by atoms with Gasteiger partial charge in [0.25, 0.3) is 5.92 Å². The van der Waals surface area contributed by atoms with Crippen molar-refractivity contribution in [1.82, 2.24) is 13.1 Å². The first-order valence-corrected chi connectivity index (χ1v) is 9.12. The molecule has 0 bridgehead atoms. The second-order valence-electron chi connectivity index (χ2n) is 5.95. The van der Waals surface area contributed by atoms with Gasteiger partial charge in [0.2, 0.25) is 10.0 Å². The molecule has 0 unspecified atom stereocenters. The van der Waals surface area contributed by atoms with Gasteiger partial charge in [-0.1, -0.05) is 6.07 Å². The summed E-state index contributed by atoms with van der Waals surface area (Å²) in [7, 11) is -3.73. The van der Waals surface area contributed by atoms with E-state index in [1.165, 1.54) is 10.4 Å². The van der Waals surface area contributed by atoms with Crippen LogP contribution in [0.3, 0.4) is 0 Å². The first-order chi connectivity index (χ1) is 10.4. The normalized spacial score (nSPS) is 23.9. The lowest BCUT2D eigenvalue weighted by Crippen LogP contribution is -2.40. The van der Waals surface area contributed by atoms with Crippen molar-refractivity contribution in [2.45, 2.75) is 30.1 Å². The molecule has 1 saturated carbocycles. The van der Waals surface area contributed by atoms with E-state index in [2.05, 4.69) is 8.75 Å². The van der Waals surface area contributed by atoms with Crippen molar-refractivity contribution in [2.24, 2.45) is 5.41 Å². The molecule has 0 N–H and O–H groups in total. The zero-order valence-electron chi connectivity index (χ0n) is 11.5. The Morgan fingerprint density at radius 2 is 1.86 bits per heavy atom. The Hall–Kier alpha value is -1.19. The quantitative estimate of drug-likeness (QED) is 0.839. The molecule has 118 valence electrons. The van der Waals surface area contributed by atoms with Crippen molar-refractivity contribution in [3.8, 4) is 0 Å². The van der Waals surface area contributed by atoms with Crippen molar-refractivity contribution in [1.29, 1.82) is 0 Å². The number of hydrogen-bond acceptors (Lipinski definition) is 5. The molecule has 9 heteroatoms. The lowest BCUT2D eigenvalue weighted by atomic mass is 9.94. The van der Waals surface area contributed by atoms with Crippen LogP contribution in [0.2, 0.25) is 0 Å². The van der Waals surface area contributed by atoms with Gasteiger partial charge in [0.15, 0.2) is 0 Å². The molecule has 2 aliphatic rings. The van der Waals surface area contributed by atoms with Crippen LogP contribution in [0.4, 0.5) is 8.78 Å². The fraction of sp³-hybridized carbons (Fsp3) is 0.538. The smallest absolute Gasteiger partial charge is 0.207 e. The van der Waals surface area contributed by atoms with Crippen molar-refractivity contribution in [2.75, 3.05) is 13.1 Å². The monoisotopic (exact) mass is 345 g/mol. The molecule has 1 aliphatic carbocycles. The zero-order chi connectivity index (χ0) is 15.6. The van der Waals surface area contributed by atoms with Crippen LogP contribution in [0.5, 0.6) is 0 Å². The van der Waals surface area contributed by atoms with Crippen LogP contribution >= 0.6 is 11.7 Å². The molecule has 2 aromatic rings. The lowest BCUT2D eigenvalue weighted by molar-refractivity contribution is 0.0426. The predicted molar refractivity (Wildman–Crippen MR) is 77.4 cm³/mol. The SMILES string of the molecule is O=S(=O)(c1cccc2nsnc12)N1CCC2(CC1)CC2(F)F. The van der Waals surface area contributed by atoms with E-state index in [-0.39, 0.29) is 37.2 Å². The molecule has 0 amide bonds. The van der Waals surface area contributed by atoms with Gasteiger partial charge >= 0.3 is 0 Å². The molecule has 4 rings (SSSR count). The summed E-state index contributed by atoms with van der Waals surface area (Å²) in [6.07, 6.45) is 0.314. The second-order valence-corrected chi connectivity index (χ2v) is 8.39. The van der Waals surface area contributed by atoms with Crippen LogP contribution in [0.25, 0.3) is 11.0 Å². The topological polar surface area (TPSA) is 63.2 Å². The van der Waals surface area contributed by atoms with Crippen molar-refractivity contribution in [3.05, 3.63) is 18.2 Å². The molecule has 1 aromatic carbocycles. The van der Waals surface area contributed by atoms with Gasteiger partial charge < -0.3 is 0 Å². The Balaban J connectivity index is 1.64. The average Bonchev–Trinajstić information content (AvgIpc) is 2.86. The third-order valence-corrected chi connectivity index (χ3v) is 7.23. The summed E-state index contributed by atoms with van der Waals surface area (Å²) in [5.41, 5.74) is -0.0782. The number of rotatable bonds is 2. The summed E-state index contributed by atoms with van der Waals surface area (Å²) < 4.78 is 61.7. The lowest BCUT2D eigenvalue weighted by Gasteiger charge is -2.31. The minimum absolute atomic E-state index is 0.109. The number of hydrogen-bond donors (Lipinski definition) is 0. The van der Waals surface area contributed by atoms with Gasteiger partial charge in [-0.15, -0.1) is 0 Å². The molecular weight excluding hydrogens is 332 g/mol. The first kappa shape index (κ1) is 14.4. The average molecular weight is 345 g/mol. The van der Waals surface area contributed by atoms with E-state index in [4.69, 9.17) is 0 Å². The number of halogens is 2. The van der Waals surface area contributed by atoms with Gasteiger partial charge in [0.1, 0.15) is 15.9 Å². The van der Waals surface area contributed by atoms with Gasteiger partial charge in [-0.05, 0) is 25.0 Å². The van der Waals surface area contributed by atoms with E-state index in [1.54, 1.807) is 12.1 Å². The molecule has 0 atom stereocenters. The van der Waals surface area contributed by atoms with E-state index in [0.29, 0.717) is 11.0 Å². The van der Waals surface area contributed by atoms with Crippen LogP contribution in [0, 0.1) is 5.41 Å². The summed E-state index contributed by atoms with van der Waals surface area (Å²) in [4.78, 5) is 0.109. The predicted octanol–water partition coefficient (Wildman–Crippen LogP) is 2.50. The first-order valence-electron chi connectivity index (χ1n) is 6.95. The summed E-state index contributed by atoms with van der Waals surface area (Å²) >= 11 is 0.957. The van der Waals surface area contributed by atoms with Gasteiger partial charge in [0, 0.05) is 24.9 Å². The number of benzene rings is 1. The zero-order valence-corrected chi connectivity index (χ0v) is 13.1. The Morgan fingerprint density at radius 3 is 2.50 bits per heavy atom. The Kier molecular flexibility index (Phi) is 2.90. The molecule has 2 heterocycles. The summed E-state index contributed by atoms with van der Waals surface area (Å²) in [6, 6.07) is 4.82. The van der Waals surface area contributed by atoms with Gasteiger partial charge in [-0.25, -0.2) is 17.2 Å². The van der Waals surface area contributed by atoms with Crippen molar-refractivity contribution in [3.63, 3.8) is 0 Å². The van der Waals surface area contributed by atoms with Crippen LogP contribution in [-0.2, 0) is 10.0 Å². The molecular formula is C13H13F2N3O2S2. The highest BCUT2D eigenvalue weighted by Crippen LogP contribution is 2.66. The maximum Gasteiger partial charge on any atom is 0.254 e. The van der Waals surface area contributed by atoms with E-state index >= 15 is 0 Å². The Morgan fingerprint density at radius 1 is 1.18 bits per heavy atom. The standard InChI is InChI=1S/C13H13F2N3O2S2/c14-13(15)8-12(13)4-6-18(7-5-12)22(19,20)10-3-1-2-9-11(10)17-21-16-9/h1-3H,4-8H2. The van der Waals surface area contributed by atoms with E-state index < -0.39 is 21.4 Å². The number of piperidine rings is 1. The minimum atomic E-state index is -3.73. The fourth-order valence-electron chi connectivity index (χ4n) is 3.21. The number of aromatic nitrogens is 2. The summed E-state index contributed by atoms with van der Waals surface area (Å²) in [5, 5.41) is 0. The number of nitrogens with zero attached hydrogens (tertiary/aromatic N) is 3. The van der Waals surface area contributed by atoms with E-state index in [1.807, 2.05) is 0 Å². The highest BCUT2D eigenvalue weighted by atomic mass is 32.2. The molecule has 1 spiro atoms. The third-order valence-electron chi connectivity index (χ3n) is 4.76. The molecule has 1 aromatic heterocycles. The van der Waals surface area contributed by atoms with Crippen LogP contribution in [0.1, 0.15) is 19.3 Å². The third kappa shape index (κ3) is 1.92. The molecule has 0 radical (unpaired) electrons. The largest absolute Gasteiger partial charge is 0.254 e. The maximum atomic E-state index is 13.4. The van der Waals surface area contributed by atoms with Gasteiger partial charge in [-0.3, -0.25) is 0 Å². The highest BCUT2D eigenvalue weighted by molar-refractivity contribution is 7.89. The summed E-state index contributed by atoms with van der Waals surface area (Å²) in [5.74, 6) is -2.62. The van der Waals surface area contributed by atoms with Crippen molar-refractivity contribution < 1.29 is 17.2 Å². The van der Waals surface area contributed by atoms with E-state index in [9.17, 15) is 17.2 Å². The number of alkyl halides is 2. The van der Waals surface area contributed by atoms with Crippen LogP contribution in [-0.4, -0.2) is 40.5 Å².